The highest BCUT2D eigenvalue weighted by Crippen LogP contribution is 2.40. The molecule has 168 valence electrons. The molecule has 32 heavy (non-hydrogen) atoms. The number of carbonyl (C=O) groups excluding carboxylic acids is 3. The maximum atomic E-state index is 13.0. The number of rotatable bonds is 7. The number of hydrogen-bond donors (Lipinski definition) is 1. The number of fused-ring (bicyclic) bond motifs is 2. The molecule has 1 N–H and O–H groups in total. The lowest BCUT2D eigenvalue weighted by Gasteiger charge is -2.29. The third-order valence-corrected chi connectivity index (χ3v) is 6.24. The predicted octanol–water partition coefficient (Wildman–Crippen LogP) is 4.12. The molecular formula is C25H27NO5S. The van der Waals surface area contributed by atoms with Gasteiger partial charge in [-0.15, -0.1) is 11.8 Å². The van der Waals surface area contributed by atoms with Gasteiger partial charge in [-0.25, -0.2) is 9.59 Å². The molecule has 2 aromatic carbocycles. The summed E-state index contributed by atoms with van der Waals surface area (Å²) in [4.78, 5) is 39.1. The van der Waals surface area contributed by atoms with Gasteiger partial charge in [0.05, 0.1) is 13.2 Å². The average Bonchev–Trinajstić information content (AvgIpc) is 2.93. The van der Waals surface area contributed by atoms with E-state index in [2.05, 4.69) is 17.4 Å². The first-order valence-electron chi connectivity index (χ1n) is 10.6. The van der Waals surface area contributed by atoms with E-state index in [0.29, 0.717) is 0 Å². The van der Waals surface area contributed by atoms with Gasteiger partial charge in [0.25, 0.3) is 0 Å². The highest BCUT2D eigenvalue weighted by Gasteiger charge is 2.49. The van der Waals surface area contributed by atoms with Crippen molar-refractivity contribution in [2.75, 3.05) is 13.2 Å². The number of amides is 1. The topological polar surface area (TPSA) is 81.7 Å². The molecule has 0 bridgehead atoms. The summed E-state index contributed by atoms with van der Waals surface area (Å²) in [6, 6.07) is 16.1. The SMILES string of the molecule is CCOC(=O)C(C/C=C1/c2ccccc2CSc2ccccc21)(NC(C)=O)C(=O)OCC. The first-order valence-corrected chi connectivity index (χ1v) is 11.5. The van der Waals surface area contributed by atoms with Gasteiger partial charge in [-0.3, -0.25) is 4.79 Å². The molecule has 0 saturated carbocycles. The largest absolute Gasteiger partial charge is 0.464 e. The minimum absolute atomic E-state index is 0.0679. The zero-order chi connectivity index (χ0) is 23.1. The van der Waals surface area contributed by atoms with Crippen molar-refractivity contribution in [3.63, 3.8) is 0 Å². The zero-order valence-corrected chi connectivity index (χ0v) is 19.3. The van der Waals surface area contributed by atoms with Crippen LogP contribution in [0.4, 0.5) is 0 Å². The van der Waals surface area contributed by atoms with Crippen molar-refractivity contribution in [1.82, 2.24) is 5.32 Å². The number of esters is 2. The molecule has 6 nitrogen and oxygen atoms in total. The molecule has 0 spiro atoms. The van der Waals surface area contributed by atoms with E-state index < -0.39 is 23.4 Å². The summed E-state index contributed by atoms with van der Waals surface area (Å²) in [6.07, 6.45) is 1.72. The molecule has 0 atom stereocenters. The number of thioether (sulfide) groups is 1. The van der Waals surface area contributed by atoms with Crippen molar-refractivity contribution in [3.8, 4) is 0 Å². The van der Waals surface area contributed by atoms with E-state index in [4.69, 9.17) is 9.47 Å². The summed E-state index contributed by atoms with van der Waals surface area (Å²) in [7, 11) is 0. The zero-order valence-electron chi connectivity index (χ0n) is 18.5. The molecule has 2 aromatic rings. The molecule has 7 heteroatoms. The Bertz CT molecular complexity index is 979. The lowest BCUT2D eigenvalue weighted by Crippen LogP contribution is -2.60. The highest BCUT2D eigenvalue weighted by atomic mass is 32.2. The van der Waals surface area contributed by atoms with Crippen LogP contribution in [0.5, 0.6) is 0 Å². The number of carbonyl (C=O) groups is 3. The standard InChI is InChI=1S/C25H27NO5S/c1-4-30-23(28)25(26-17(3)27,24(29)31-5-2)15-14-20-19-11-7-6-10-18(19)16-32-22-13-9-8-12-21(20)22/h6-14H,4-5,15-16H2,1-3H3,(H,26,27)/b20-14-. The van der Waals surface area contributed by atoms with Crippen molar-refractivity contribution in [1.29, 1.82) is 0 Å². The van der Waals surface area contributed by atoms with Crippen molar-refractivity contribution in [2.45, 2.75) is 43.4 Å². The molecule has 1 aliphatic heterocycles. The molecule has 0 aliphatic carbocycles. The fourth-order valence-corrected chi connectivity index (χ4v) is 4.78. The second kappa shape index (κ2) is 10.5. The number of benzene rings is 2. The monoisotopic (exact) mass is 453 g/mol. The third-order valence-electron chi connectivity index (χ3n) is 5.12. The van der Waals surface area contributed by atoms with Crippen molar-refractivity contribution < 1.29 is 23.9 Å². The maximum absolute atomic E-state index is 13.0. The van der Waals surface area contributed by atoms with E-state index >= 15 is 0 Å². The Morgan fingerprint density at radius 2 is 1.56 bits per heavy atom. The number of nitrogens with one attached hydrogen (secondary N) is 1. The molecule has 1 amide bonds. The van der Waals surface area contributed by atoms with Crippen LogP contribution in [0.2, 0.25) is 0 Å². The summed E-state index contributed by atoms with van der Waals surface area (Å²) in [6.45, 7) is 4.69. The first kappa shape index (κ1) is 23.6. The summed E-state index contributed by atoms with van der Waals surface area (Å²) >= 11 is 1.74. The fourth-order valence-electron chi connectivity index (χ4n) is 3.71. The van der Waals surface area contributed by atoms with Gasteiger partial charge in [0.15, 0.2) is 0 Å². The van der Waals surface area contributed by atoms with E-state index in [-0.39, 0.29) is 19.6 Å². The van der Waals surface area contributed by atoms with Gasteiger partial charge in [0.2, 0.25) is 11.4 Å². The van der Waals surface area contributed by atoms with Crippen LogP contribution in [-0.2, 0) is 29.6 Å². The van der Waals surface area contributed by atoms with E-state index in [9.17, 15) is 14.4 Å². The normalized spacial score (nSPS) is 14.0. The highest BCUT2D eigenvalue weighted by molar-refractivity contribution is 7.98. The van der Waals surface area contributed by atoms with Gasteiger partial charge in [-0.05, 0) is 42.2 Å². The van der Waals surface area contributed by atoms with Crippen LogP contribution in [0.1, 0.15) is 43.9 Å². The summed E-state index contributed by atoms with van der Waals surface area (Å²) in [5.74, 6) is -1.40. The number of hydrogen-bond acceptors (Lipinski definition) is 6. The third kappa shape index (κ3) is 4.88. The summed E-state index contributed by atoms with van der Waals surface area (Å²) in [5.41, 5.74) is 2.11. The van der Waals surface area contributed by atoms with Gasteiger partial charge < -0.3 is 14.8 Å². The van der Waals surface area contributed by atoms with Crippen LogP contribution in [0.15, 0.2) is 59.5 Å². The van der Waals surface area contributed by atoms with E-state index in [1.165, 1.54) is 6.92 Å². The first-order chi connectivity index (χ1) is 15.4. The molecule has 0 aromatic heterocycles. The second-order valence-corrected chi connectivity index (χ2v) is 8.31. The van der Waals surface area contributed by atoms with Crippen LogP contribution in [-0.4, -0.2) is 36.6 Å². The van der Waals surface area contributed by atoms with Gasteiger partial charge in [0.1, 0.15) is 0 Å². The Hall–Kier alpha value is -3.06. The molecule has 1 heterocycles. The molecule has 0 unspecified atom stereocenters. The molecular weight excluding hydrogens is 426 g/mol. The average molecular weight is 454 g/mol. The van der Waals surface area contributed by atoms with E-state index in [0.717, 1.165) is 32.9 Å². The van der Waals surface area contributed by atoms with E-state index in [1.807, 2.05) is 42.5 Å². The van der Waals surface area contributed by atoms with Crippen molar-refractivity contribution in [3.05, 3.63) is 71.3 Å². The smallest absolute Gasteiger partial charge is 0.344 e. The van der Waals surface area contributed by atoms with Crippen LogP contribution < -0.4 is 5.32 Å². The lowest BCUT2D eigenvalue weighted by atomic mass is 9.88. The van der Waals surface area contributed by atoms with Crippen LogP contribution in [0.25, 0.3) is 5.57 Å². The Labute approximate surface area is 192 Å². The quantitative estimate of drug-likeness (QED) is 0.502. The molecule has 0 fully saturated rings. The van der Waals surface area contributed by atoms with E-state index in [1.54, 1.807) is 25.6 Å². The minimum Gasteiger partial charge on any atom is -0.464 e. The Balaban J connectivity index is 2.16. The van der Waals surface area contributed by atoms with Crippen molar-refractivity contribution >= 4 is 35.2 Å². The van der Waals surface area contributed by atoms with Gasteiger partial charge in [-0.2, -0.15) is 0 Å². The van der Waals surface area contributed by atoms with Crippen LogP contribution in [0.3, 0.4) is 0 Å². The van der Waals surface area contributed by atoms with Crippen LogP contribution in [0, 0.1) is 0 Å². The molecule has 3 rings (SSSR count). The Kier molecular flexibility index (Phi) is 7.75. The van der Waals surface area contributed by atoms with Crippen molar-refractivity contribution in [2.24, 2.45) is 0 Å². The fraction of sp³-hybridized carbons (Fsp3) is 0.320. The van der Waals surface area contributed by atoms with Gasteiger partial charge >= 0.3 is 11.9 Å². The second-order valence-electron chi connectivity index (χ2n) is 7.29. The van der Waals surface area contributed by atoms with Gasteiger partial charge in [0, 0.05) is 24.0 Å². The van der Waals surface area contributed by atoms with Crippen LogP contribution >= 0.6 is 11.8 Å². The number of ether oxygens (including phenoxy) is 2. The molecule has 0 radical (unpaired) electrons. The summed E-state index contributed by atoms with van der Waals surface area (Å²) in [5, 5.41) is 2.53. The molecule has 0 saturated heterocycles. The Morgan fingerprint density at radius 3 is 2.19 bits per heavy atom. The summed E-state index contributed by atoms with van der Waals surface area (Å²) < 4.78 is 10.4. The predicted molar refractivity (Wildman–Crippen MR) is 124 cm³/mol. The molecule has 1 aliphatic rings. The van der Waals surface area contributed by atoms with Gasteiger partial charge in [-0.1, -0.05) is 48.5 Å². The maximum Gasteiger partial charge on any atom is 0.344 e. The minimum atomic E-state index is -1.96. The Morgan fingerprint density at radius 1 is 0.969 bits per heavy atom. The lowest BCUT2D eigenvalue weighted by molar-refractivity contribution is -0.167.